The molecule has 0 amide bonds. The highest BCUT2D eigenvalue weighted by atomic mass is 15.0. The Morgan fingerprint density at radius 3 is 2.02 bits per heavy atom. The number of rotatable bonds is 3. The third-order valence-electron chi connectivity index (χ3n) is 10.3. The molecule has 0 aliphatic rings. The summed E-state index contributed by atoms with van der Waals surface area (Å²) in [4.78, 5) is 4.85. The number of fused-ring (bicyclic) bond motifs is 10. The van der Waals surface area contributed by atoms with Gasteiger partial charge in [-0.05, 0) is 98.6 Å². The van der Waals surface area contributed by atoms with Crippen molar-refractivity contribution in [1.29, 1.82) is 0 Å². The monoisotopic (exact) mass is 613 g/mol. The topological polar surface area (TPSA) is 22.2 Å². The molecule has 226 valence electrons. The van der Waals surface area contributed by atoms with Gasteiger partial charge >= 0.3 is 0 Å². The Bertz CT molecular complexity index is 2870. The molecule has 0 bridgehead atoms. The van der Waals surface area contributed by atoms with Crippen molar-refractivity contribution in [2.45, 2.75) is 13.8 Å². The average Bonchev–Trinajstić information content (AvgIpc) is 3.69. The second-order valence-electron chi connectivity index (χ2n) is 12.9. The van der Waals surface area contributed by atoms with Crippen LogP contribution in [0.15, 0.2) is 152 Å². The molecule has 0 N–H and O–H groups in total. The number of imidazole rings is 1. The van der Waals surface area contributed by atoms with E-state index in [0.717, 1.165) is 16.9 Å². The van der Waals surface area contributed by atoms with Gasteiger partial charge in [-0.1, -0.05) is 109 Å². The van der Waals surface area contributed by atoms with Gasteiger partial charge in [0.15, 0.2) is 0 Å². The van der Waals surface area contributed by atoms with Crippen molar-refractivity contribution >= 4 is 59.6 Å². The van der Waals surface area contributed by atoms with E-state index >= 15 is 0 Å². The molecule has 0 unspecified atom stereocenters. The van der Waals surface area contributed by atoms with Gasteiger partial charge in [-0.2, -0.15) is 0 Å². The molecule has 0 spiro atoms. The average molecular weight is 614 g/mol. The molecule has 3 aromatic heterocycles. The highest BCUT2D eigenvalue weighted by Crippen LogP contribution is 2.46. The van der Waals surface area contributed by atoms with Crippen molar-refractivity contribution in [3.8, 4) is 28.1 Å². The van der Waals surface area contributed by atoms with Gasteiger partial charge in [-0.25, -0.2) is 4.98 Å². The minimum atomic E-state index is 0.954. The molecular formula is C45H31N3. The third-order valence-corrected chi connectivity index (χ3v) is 10.3. The lowest BCUT2D eigenvalue weighted by atomic mass is 9.88. The summed E-state index contributed by atoms with van der Waals surface area (Å²) in [6.07, 6.45) is 4.14. The summed E-state index contributed by atoms with van der Waals surface area (Å²) in [7, 11) is 0. The predicted molar refractivity (Wildman–Crippen MR) is 202 cm³/mol. The number of aryl methyl sites for hydroxylation is 1. The number of aromatic nitrogens is 3. The number of pyridine rings is 1. The van der Waals surface area contributed by atoms with Crippen LogP contribution >= 0.6 is 0 Å². The normalized spacial score (nSPS) is 12.0. The standard InChI is InChI=1S/C45H31N3/c1-28-29(2)48(34-23-22-30-11-3-4-12-33(30)25-34)45-38-16-8-6-14-36(38)40-26-39(35-13-5-7-15-37(35)44(40)43(28)45)31-18-20-32(21-19-31)41-27-47-24-10-9-17-42(47)46-41/h3-27H,1-2H3. The summed E-state index contributed by atoms with van der Waals surface area (Å²) < 4.78 is 4.56. The highest BCUT2D eigenvalue weighted by Gasteiger charge is 2.22. The minimum Gasteiger partial charge on any atom is -0.313 e. The van der Waals surface area contributed by atoms with Crippen molar-refractivity contribution in [3.63, 3.8) is 0 Å². The van der Waals surface area contributed by atoms with Crippen molar-refractivity contribution in [3.05, 3.63) is 163 Å². The van der Waals surface area contributed by atoms with E-state index < -0.39 is 0 Å². The Hall–Kier alpha value is -6.19. The Kier molecular flexibility index (Phi) is 5.71. The summed E-state index contributed by atoms with van der Waals surface area (Å²) in [6, 6.07) is 50.8. The second-order valence-corrected chi connectivity index (χ2v) is 12.9. The summed E-state index contributed by atoms with van der Waals surface area (Å²) in [5, 5.41) is 11.5. The van der Waals surface area contributed by atoms with Gasteiger partial charge in [0.05, 0.1) is 11.2 Å². The molecule has 0 aliphatic carbocycles. The van der Waals surface area contributed by atoms with Crippen LogP contribution in [0.25, 0.3) is 87.7 Å². The fraction of sp³-hybridized carbons (Fsp3) is 0.0444. The van der Waals surface area contributed by atoms with Crippen LogP contribution in [0.2, 0.25) is 0 Å². The van der Waals surface area contributed by atoms with Gasteiger partial charge in [0.25, 0.3) is 0 Å². The van der Waals surface area contributed by atoms with Gasteiger partial charge in [-0.3, -0.25) is 0 Å². The zero-order valence-corrected chi connectivity index (χ0v) is 26.8. The molecule has 0 aliphatic heterocycles. The lowest BCUT2D eigenvalue weighted by molar-refractivity contribution is 1.05. The summed E-state index contributed by atoms with van der Waals surface area (Å²) >= 11 is 0. The van der Waals surface area contributed by atoms with E-state index in [9.17, 15) is 0 Å². The first-order chi connectivity index (χ1) is 23.6. The summed E-state index contributed by atoms with van der Waals surface area (Å²) in [6.45, 7) is 4.57. The highest BCUT2D eigenvalue weighted by molar-refractivity contribution is 6.33. The van der Waals surface area contributed by atoms with Gasteiger partial charge in [0.2, 0.25) is 0 Å². The molecule has 3 heterocycles. The van der Waals surface area contributed by atoms with Crippen LogP contribution in [0.5, 0.6) is 0 Å². The van der Waals surface area contributed by atoms with Crippen LogP contribution in [-0.2, 0) is 0 Å². The molecule has 48 heavy (non-hydrogen) atoms. The number of nitrogens with zero attached hydrogens (tertiary/aromatic N) is 3. The maximum atomic E-state index is 4.85. The van der Waals surface area contributed by atoms with E-state index in [-0.39, 0.29) is 0 Å². The van der Waals surface area contributed by atoms with Gasteiger partial charge in [-0.15, -0.1) is 0 Å². The smallest absolute Gasteiger partial charge is 0.137 e. The maximum absolute atomic E-state index is 4.85. The third kappa shape index (κ3) is 3.85. The van der Waals surface area contributed by atoms with Crippen LogP contribution in [0.4, 0.5) is 0 Å². The molecule has 3 nitrogen and oxygen atoms in total. The zero-order valence-electron chi connectivity index (χ0n) is 26.8. The van der Waals surface area contributed by atoms with Crippen LogP contribution in [-0.4, -0.2) is 14.0 Å². The van der Waals surface area contributed by atoms with E-state index in [0.29, 0.717) is 0 Å². The molecule has 0 saturated heterocycles. The summed E-state index contributed by atoms with van der Waals surface area (Å²) in [5.74, 6) is 0. The predicted octanol–water partition coefficient (Wildman–Crippen LogP) is 11.8. The van der Waals surface area contributed by atoms with Crippen LogP contribution in [0.1, 0.15) is 11.3 Å². The number of hydrogen-bond donors (Lipinski definition) is 0. The minimum absolute atomic E-state index is 0.954. The Balaban J connectivity index is 1.25. The van der Waals surface area contributed by atoms with E-state index in [1.54, 1.807) is 0 Å². The van der Waals surface area contributed by atoms with E-state index in [1.807, 2.05) is 24.4 Å². The summed E-state index contributed by atoms with van der Waals surface area (Å²) in [5.41, 5.74) is 10.6. The lowest BCUT2D eigenvalue weighted by Gasteiger charge is -2.17. The van der Waals surface area contributed by atoms with Crippen LogP contribution in [0.3, 0.4) is 0 Å². The van der Waals surface area contributed by atoms with Gasteiger partial charge < -0.3 is 8.97 Å². The molecular weight excluding hydrogens is 583 g/mol. The Morgan fingerprint density at radius 1 is 0.521 bits per heavy atom. The Labute approximate surface area is 277 Å². The zero-order chi connectivity index (χ0) is 31.9. The molecule has 3 heteroatoms. The van der Waals surface area contributed by atoms with E-state index in [4.69, 9.17) is 4.98 Å². The number of benzene rings is 7. The first-order valence-electron chi connectivity index (χ1n) is 16.6. The molecule has 10 aromatic rings. The van der Waals surface area contributed by atoms with Gasteiger partial charge in [0, 0.05) is 40.1 Å². The molecule has 0 saturated carbocycles. The molecule has 0 atom stereocenters. The molecule has 0 radical (unpaired) electrons. The molecule has 7 aromatic carbocycles. The molecule has 0 fully saturated rings. The lowest BCUT2D eigenvalue weighted by Crippen LogP contribution is -1.97. The van der Waals surface area contributed by atoms with Crippen molar-refractivity contribution in [1.82, 2.24) is 14.0 Å². The fourth-order valence-corrected chi connectivity index (χ4v) is 7.92. The maximum Gasteiger partial charge on any atom is 0.137 e. The van der Waals surface area contributed by atoms with E-state index in [1.165, 1.54) is 82.1 Å². The first kappa shape index (κ1) is 27.0. The van der Waals surface area contributed by atoms with Crippen molar-refractivity contribution in [2.75, 3.05) is 0 Å². The SMILES string of the molecule is Cc1c(C)n(-c2ccc3ccccc3c2)c2c3ccccc3c3cc(-c4ccc(-c5cn6ccccc6n5)cc4)c4ccccc4c3c12. The number of hydrogen-bond acceptors (Lipinski definition) is 1. The van der Waals surface area contributed by atoms with Crippen LogP contribution < -0.4 is 0 Å². The van der Waals surface area contributed by atoms with Gasteiger partial charge in [0.1, 0.15) is 5.65 Å². The van der Waals surface area contributed by atoms with Crippen molar-refractivity contribution in [2.24, 2.45) is 0 Å². The fourth-order valence-electron chi connectivity index (χ4n) is 7.92. The first-order valence-corrected chi connectivity index (χ1v) is 16.6. The quantitative estimate of drug-likeness (QED) is 0.182. The second kappa shape index (κ2) is 10.2. The van der Waals surface area contributed by atoms with Crippen molar-refractivity contribution < 1.29 is 0 Å². The largest absolute Gasteiger partial charge is 0.313 e. The van der Waals surface area contributed by atoms with Crippen LogP contribution in [0, 0.1) is 13.8 Å². The Morgan fingerprint density at radius 2 is 1.21 bits per heavy atom. The van der Waals surface area contributed by atoms with E-state index in [2.05, 4.69) is 150 Å². The molecule has 10 rings (SSSR count).